The van der Waals surface area contributed by atoms with Crippen molar-refractivity contribution in [2.45, 2.75) is 163 Å². The second kappa shape index (κ2) is 13.6. The molecule has 0 aromatic rings. The molecule has 0 bridgehead atoms. The number of hydrogen-bond acceptors (Lipinski definition) is 8. The quantitative estimate of drug-likeness (QED) is 0.194. The largest absolute Gasteiger partial charge is 0.481 e. The average Bonchev–Trinajstić information content (AvgIpc) is 3.74. The van der Waals surface area contributed by atoms with E-state index in [1.807, 2.05) is 13.8 Å². The molecule has 0 spiro atoms. The molecule has 318 valence electrons. The molecule has 56 heavy (non-hydrogen) atoms. The first-order valence-corrected chi connectivity index (χ1v) is 24.6. The molecule has 7 saturated carbocycles. The number of esters is 1. The van der Waals surface area contributed by atoms with Crippen molar-refractivity contribution < 1.29 is 33.0 Å². The zero-order valence-corrected chi connectivity index (χ0v) is 36.9. The average molecular weight is 801 g/mol. The molecule has 13 atom stereocenters. The Balaban J connectivity index is 0.993. The Hall–Kier alpha value is -1.23. The van der Waals surface area contributed by atoms with Gasteiger partial charge in [-0.15, -0.1) is 0 Å². The van der Waals surface area contributed by atoms with Crippen molar-refractivity contribution in [1.29, 1.82) is 0 Å². The molecule has 10 heteroatoms. The van der Waals surface area contributed by atoms with Crippen LogP contribution in [-0.2, 0) is 24.2 Å². The van der Waals surface area contributed by atoms with E-state index in [1.165, 1.54) is 64.2 Å². The van der Waals surface area contributed by atoms with Gasteiger partial charge in [0, 0.05) is 30.1 Å². The molecule has 1 saturated heterocycles. The highest BCUT2D eigenvalue weighted by atomic mass is 32.2. The van der Waals surface area contributed by atoms with Gasteiger partial charge in [-0.1, -0.05) is 55.4 Å². The predicted octanol–water partition coefficient (Wildman–Crippen LogP) is 7.35. The van der Waals surface area contributed by atoms with Crippen molar-refractivity contribution in [3.63, 3.8) is 0 Å². The van der Waals surface area contributed by atoms with Gasteiger partial charge in [0.1, 0.15) is 6.10 Å². The van der Waals surface area contributed by atoms with Gasteiger partial charge in [0.05, 0.1) is 29.9 Å². The summed E-state index contributed by atoms with van der Waals surface area (Å²) in [5, 5.41) is 24.4. The van der Waals surface area contributed by atoms with Crippen molar-refractivity contribution in [3.05, 3.63) is 0 Å². The highest BCUT2D eigenvalue weighted by Crippen LogP contribution is 2.78. The fourth-order valence-corrected chi connectivity index (χ4v) is 17.6. The number of carboxylic acid groups (broad SMARTS) is 1. The fourth-order valence-electron chi connectivity index (χ4n) is 16.4. The van der Waals surface area contributed by atoms with Gasteiger partial charge >= 0.3 is 11.9 Å². The maximum atomic E-state index is 13.7. The van der Waals surface area contributed by atoms with Crippen molar-refractivity contribution >= 4 is 21.8 Å². The Morgan fingerprint density at radius 1 is 0.768 bits per heavy atom. The molecule has 0 amide bonds. The molecule has 8 fully saturated rings. The molecule has 1 heterocycles. The molecule has 1 unspecified atom stereocenters. The SMILES string of the molecule is CC1([C@H]2CC[C@]3(NCCC(CO)N4CCS(=O)(=O)CC4)CC[C@]4(C)[C@H](CC[C@@H]5[C@@]6(C)CC[C@H](OC(=O)[C@H]7C[C@@H](C(=O)O)C7(C)C)C(C)(C)[C@@H]6CC[C@]54C)[C@@H]23)CC1. The lowest BCUT2D eigenvalue weighted by atomic mass is 9.32. The molecular formula is C46H76N2O7S. The minimum atomic E-state index is -2.96. The van der Waals surface area contributed by atoms with Crippen LogP contribution in [0.3, 0.4) is 0 Å². The van der Waals surface area contributed by atoms with E-state index in [-0.39, 0.29) is 69.3 Å². The number of carboxylic acids is 1. The first-order chi connectivity index (χ1) is 26.1. The zero-order valence-electron chi connectivity index (χ0n) is 36.1. The summed E-state index contributed by atoms with van der Waals surface area (Å²) in [7, 11) is -2.96. The van der Waals surface area contributed by atoms with Gasteiger partial charge in [0.2, 0.25) is 0 Å². The molecule has 3 N–H and O–H groups in total. The third kappa shape index (κ3) is 6.14. The summed E-state index contributed by atoms with van der Waals surface area (Å²) < 4.78 is 30.7. The lowest BCUT2D eigenvalue weighted by molar-refractivity contribution is -0.249. The normalized spacial score (nSPS) is 47.5. The molecule has 7 aliphatic carbocycles. The Morgan fingerprint density at radius 3 is 2.09 bits per heavy atom. The second-order valence-corrected chi connectivity index (χ2v) is 25.5. The predicted molar refractivity (Wildman–Crippen MR) is 218 cm³/mol. The Bertz CT molecular complexity index is 1660. The van der Waals surface area contributed by atoms with Crippen LogP contribution in [0.4, 0.5) is 0 Å². The highest BCUT2D eigenvalue weighted by molar-refractivity contribution is 7.91. The monoisotopic (exact) mass is 801 g/mol. The maximum absolute atomic E-state index is 13.7. The smallest absolute Gasteiger partial charge is 0.309 e. The number of nitrogens with one attached hydrogen (secondary N) is 1. The maximum Gasteiger partial charge on any atom is 0.309 e. The number of hydrogen-bond donors (Lipinski definition) is 3. The van der Waals surface area contributed by atoms with Gasteiger partial charge in [0.25, 0.3) is 0 Å². The van der Waals surface area contributed by atoms with Crippen LogP contribution < -0.4 is 5.32 Å². The van der Waals surface area contributed by atoms with E-state index in [0.29, 0.717) is 48.6 Å². The number of sulfone groups is 1. The lowest BCUT2D eigenvalue weighted by Gasteiger charge is -2.73. The number of carbonyl (C=O) groups excluding carboxylic acids is 1. The number of carbonyl (C=O) groups is 2. The number of aliphatic carboxylic acids is 1. The molecule has 1 aliphatic heterocycles. The van der Waals surface area contributed by atoms with Gasteiger partial charge in [-0.2, -0.15) is 0 Å². The third-order valence-corrected chi connectivity index (χ3v) is 22.1. The topological polar surface area (TPSA) is 133 Å². The van der Waals surface area contributed by atoms with Crippen LogP contribution in [0, 0.1) is 73.9 Å². The van der Waals surface area contributed by atoms with Crippen molar-refractivity contribution in [2.75, 3.05) is 37.7 Å². The Kier molecular flexibility index (Phi) is 10.1. The summed E-state index contributed by atoms with van der Waals surface area (Å²) in [6.45, 7) is 21.2. The highest BCUT2D eigenvalue weighted by Gasteiger charge is 2.72. The van der Waals surface area contributed by atoms with E-state index >= 15 is 0 Å². The summed E-state index contributed by atoms with van der Waals surface area (Å²) in [4.78, 5) is 27.7. The van der Waals surface area contributed by atoms with Crippen LogP contribution in [0.5, 0.6) is 0 Å². The lowest BCUT2D eigenvalue weighted by Crippen LogP contribution is -2.69. The Labute approximate surface area is 338 Å². The summed E-state index contributed by atoms with van der Waals surface area (Å²) >= 11 is 0. The van der Waals surface area contributed by atoms with Crippen LogP contribution in [0.25, 0.3) is 0 Å². The standard InChI is InChI=1S/C46H76N2O7S/c1-40(2)32(38(50)51)27-33(40)39(52)55-36-13-15-43(6)34(41(36,3)4)12-16-45(8)35(43)10-9-31-37-30(42(5)18-19-42)11-17-46(37,21-20-44(31,45)7)47-22-14-29(28-49)48-23-25-56(53,54)26-24-48/h29-37,47,49H,9-28H2,1-8H3,(H,50,51)/t29?,30-,31+,32-,33+,34-,35+,36-,37+,43-,44+,45+,46-/m0/s1. The molecule has 0 radical (unpaired) electrons. The van der Waals surface area contributed by atoms with E-state index in [1.54, 1.807) is 0 Å². The van der Waals surface area contributed by atoms with Crippen LogP contribution in [0.15, 0.2) is 0 Å². The summed E-state index contributed by atoms with van der Waals surface area (Å²) in [5.74, 6) is 1.74. The van der Waals surface area contributed by atoms with E-state index in [9.17, 15) is 28.2 Å². The van der Waals surface area contributed by atoms with Gasteiger partial charge in [0.15, 0.2) is 9.84 Å². The summed E-state index contributed by atoms with van der Waals surface area (Å²) in [6.07, 6.45) is 15.8. The van der Waals surface area contributed by atoms with E-state index < -0.39 is 27.1 Å². The van der Waals surface area contributed by atoms with E-state index in [0.717, 1.165) is 31.7 Å². The number of nitrogens with zero attached hydrogens (tertiary/aromatic N) is 1. The molecule has 9 nitrogen and oxygen atoms in total. The van der Waals surface area contributed by atoms with E-state index in [2.05, 4.69) is 51.8 Å². The van der Waals surface area contributed by atoms with Crippen LogP contribution in [0.2, 0.25) is 0 Å². The first-order valence-electron chi connectivity index (χ1n) is 22.8. The number of aliphatic hydroxyl groups is 1. The first kappa shape index (κ1) is 41.5. The molecular weight excluding hydrogens is 725 g/mol. The van der Waals surface area contributed by atoms with Gasteiger partial charge in [-0.05, 0) is 153 Å². The van der Waals surface area contributed by atoms with Crippen LogP contribution in [-0.4, -0.2) is 90.9 Å². The molecule has 0 aromatic heterocycles. The van der Waals surface area contributed by atoms with E-state index in [4.69, 9.17) is 4.74 Å². The van der Waals surface area contributed by atoms with Gasteiger partial charge < -0.3 is 20.3 Å². The number of rotatable bonds is 10. The number of aliphatic hydroxyl groups excluding tert-OH is 1. The van der Waals surface area contributed by atoms with Crippen LogP contribution in [0.1, 0.15) is 145 Å². The third-order valence-electron chi connectivity index (χ3n) is 20.5. The fraction of sp³-hybridized carbons (Fsp3) is 0.957. The Morgan fingerprint density at radius 2 is 1.46 bits per heavy atom. The number of fused-ring (bicyclic) bond motifs is 7. The van der Waals surface area contributed by atoms with Gasteiger partial charge in [-0.3, -0.25) is 14.5 Å². The van der Waals surface area contributed by atoms with Crippen molar-refractivity contribution in [2.24, 2.45) is 73.9 Å². The van der Waals surface area contributed by atoms with Crippen LogP contribution >= 0.6 is 0 Å². The summed E-state index contributed by atoms with van der Waals surface area (Å²) in [5.41, 5.74) is 0.534. The van der Waals surface area contributed by atoms with Gasteiger partial charge in [-0.25, -0.2) is 8.42 Å². The minimum absolute atomic E-state index is 0.00217. The zero-order chi connectivity index (χ0) is 40.5. The van der Waals surface area contributed by atoms with Crippen molar-refractivity contribution in [3.8, 4) is 0 Å². The second-order valence-electron chi connectivity index (χ2n) is 23.2. The molecule has 8 aliphatic rings. The molecule has 0 aromatic carbocycles. The summed E-state index contributed by atoms with van der Waals surface area (Å²) in [6, 6.07) is 0.00217. The molecule has 8 rings (SSSR count). The van der Waals surface area contributed by atoms with Crippen molar-refractivity contribution in [1.82, 2.24) is 10.2 Å². The number of ether oxygens (including phenoxy) is 1. The minimum Gasteiger partial charge on any atom is -0.481 e.